The van der Waals surface area contributed by atoms with E-state index in [1.165, 1.54) is 19.2 Å². The Balaban J connectivity index is 1.77. The second-order valence-corrected chi connectivity index (χ2v) is 10.00. The summed E-state index contributed by atoms with van der Waals surface area (Å²) in [5.41, 5.74) is 1.74. The molecule has 6 nitrogen and oxygen atoms in total. The predicted molar refractivity (Wildman–Crippen MR) is 110 cm³/mol. The first-order chi connectivity index (χ1) is 13.4. The van der Waals surface area contributed by atoms with Crippen LogP contribution >= 0.6 is 22.9 Å². The Hall–Kier alpha value is -2.26. The normalized spacial score (nSPS) is 12.7. The molecule has 1 atom stereocenters. The van der Waals surface area contributed by atoms with Crippen molar-refractivity contribution in [3.63, 3.8) is 0 Å². The zero-order valence-electron chi connectivity index (χ0n) is 14.9. The van der Waals surface area contributed by atoms with Crippen molar-refractivity contribution in [1.82, 2.24) is 14.6 Å². The Morgan fingerprint density at radius 1 is 1.11 bits per heavy atom. The molecule has 0 saturated heterocycles. The fourth-order valence-corrected chi connectivity index (χ4v) is 5.46. The third-order valence-corrected chi connectivity index (χ3v) is 7.56. The molecular weight excluding hydrogens is 418 g/mol. The van der Waals surface area contributed by atoms with E-state index in [2.05, 4.69) is 10.3 Å². The molecule has 3 aromatic rings. The Kier molecular flexibility index (Phi) is 6.46. The van der Waals surface area contributed by atoms with Crippen LogP contribution in [0.2, 0.25) is 4.34 Å². The lowest BCUT2D eigenvalue weighted by atomic mass is 10.00. The monoisotopic (exact) mass is 435 g/mol. The number of carbonyl (C=O) groups excluding carboxylic acids is 1. The predicted octanol–water partition coefficient (Wildman–Crippen LogP) is 3.32. The van der Waals surface area contributed by atoms with E-state index < -0.39 is 22.0 Å². The number of likely N-dealkylation sites (N-methyl/N-ethyl adjacent to an activating group) is 1. The minimum Gasteiger partial charge on any atom is -0.344 e. The molecule has 1 amide bonds. The first-order valence-electron chi connectivity index (χ1n) is 8.34. The summed E-state index contributed by atoms with van der Waals surface area (Å²) in [5.74, 6) is -0.417. The molecule has 0 aliphatic carbocycles. The Morgan fingerprint density at radius 3 is 2.36 bits per heavy atom. The second kappa shape index (κ2) is 8.83. The number of sulfonamides is 1. The average molecular weight is 436 g/mol. The van der Waals surface area contributed by atoms with Gasteiger partial charge in [-0.15, -0.1) is 11.3 Å². The Labute approximate surface area is 172 Å². The molecule has 146 valence electrons. The standard InChI is InChI=1S/C19H18ClN3O3S2/c1-23(28(25,26)18-8-7-16(20)27-18)13-17(24)22-19(14-5-3-2-4-6-14)15-9-11-21-12-10-15/h2-12,19H,13H2,1H3,(H,22,24). The van der Waals surface area contributed by atoms with Gasteiger partial charge in [0.25, 0.3) is 10.0 Å². The zero-order chi connectivity index (χ0) is 20.1. The topological polar surface area (TPSA) is 79.4 Å². The van der Waals surface area contributed by atoms with E-state index in [-0.39, 0.29) is 10.8 Å². The molecule has 0 fully saturated rings. The van der Waals surface area contributed by atoms with Crippen LogP contribution in [0, 0.1) is 0 Å². The molecule has 0 saturated carbocycles. The number of carbonyl (C=O) groups is 1. The Bertz CT molecular complexity index is 1000. The van der Waals surface area contributed by atoms with Gasteiger partial charge in [0.05, 0.1) is 16.9 Å². The average Bonchev–Trinajstić information content (AvgIpc) is 3.14. The highest BCUT2D eigenvalue weighted by Gasteiger charge is 2.26. The van der Waals surface area contributed by atoms with Crippen LogP contribution in [0.5, 0.6) is 0 Å². The van der Waals surface area contributed by atoms with Crippen molar-refractivity contribution >= 4 is 38.9 Å². The highest BCUT2D eigenvalue weighted by Crippen LogP contribution is 2.27. The summed E-state index contributed by atoms with van der Waals surface area (Å²) in [6, 6.07) is 15.6. The summed E-state index contributed by atoms with van der Waals surface area (Å²) < 4.78 is 26.7. The molecule has 0 aliphatic heterocycles. The van der Waals surface area contributed by atoms with Crippen LogP contribution in [-0.2, 0) is 14.8 Å². The number of hydrogen-bond donors (Lipinski definition) is 1. The third kappa shape index (κ3) is 4.77. The van der Waals surface area contributed by atoms with Crippen molar-refractivity contribution in [2.24, 2.45) is 0 Å². The van der Waals surface area contributed by atoms with E-state index in [1.807, 2.05) is 42.5 Å². The molecule has 0 bridgehead atoms. The minimum absolute atomic E-state index is 0.0987. The van der Waals surface area contributed by atoms with E-state index in [4.69, 9.17) is 11.6 Å². The van der Waals surface area contributed by atoms with Gasteiger partial charge < -0.3 is 5.32 Å². The first-order valence-corrected chi connectivity index (χ1v) is 11.0. The van der Waals surface area contributed by atoms with Gasteiger partial charge in [0, 0.05) is 19.4 Å². The van der Waals surface area contributed by atoms with Gasteiger partial charge in [-0.2, -0.15) is 4.31 Å². The molecule has 0 radical (unpaired) electrons. The molecule has 0 spiro atoms. The number of nitrogens with one attached hydrogen (secondary N) is 1. The molecule has 1 aromatic carbocycles. The van der Waals surface area contributed by atoms with E-state index in [0.29, 0.717) is 4.34 Å². The van der Waals surface area contributed by atoms with Gasteiger partial charge in [0.1, 0.15) is 4.21 Å². The molecule has 0 aliphatic rings. The van der Waals surface area contributed by atoms with Crippen molar-refractivity contribution in [3.05, 3.63) is 82.5 Å². The smallest absolute Gasteiger partial charge is 0.252 e. The van der Waals surface area contributed by atoms with Crippen LogP contribution in [0.3, 0.4) is 0 Å². The van der Waals surface area contributed by atoms with Gasteiger partial charge in [-0.25, -0.2) is 8.42 Å². The van der Waals surface area contributed by atoms with E-state index in [1.54, 1.807) is 12.4 Å². The number of pyridine rings is 1. The zero-order valence-corrected chi connectivity index (χ0v) is 17.3. The summed E-state index contributed by atoms with van der Waals surface area (Å²) in [6.07, 6.45) is 3.29. The number of benzene rings is 1. The van der Waals surface area contributed by atoms with Gasteiger partial charge in [-0.05, 0) is 35.4 Å². The first kappa shape index (κ1) is 20.5. The summed E-state index contributed by atoms with van der Waals surface area (Å²) in [5, 5.41) is 2.91. The maximum Gasteiger partial charge on any atom is 0.252 e. The highest BCUT2D eigenvalue weighted by molar-refractivity contribution is 7.91. The van der Waals surface area contributed by atoms with Gasteiger partial charge in [0.2, 0.25) is 5.91 Å². The number of amides is 1. The largest absolute Gasteiger partial charge is 0.344 e. The van der Waals surface area contributed by atoms with Gasteiger partial charge in [-0.3, -0.25) is 9.78 Å². The van der Waals surface area contributed by atoms with Crippen molar-refractivity contribution < 1.29 is 13.2 Å². The number of rotatable bonds is 7. The highest BCUT2D eigenvalue weighted by atomic mass is 35.5. The molecule has 3 rings (SSSR count). The molecule has 2 heterocycles. The number of aromatic nitrogens is 1. The number of nitrogens with zero attached hydrogens (tertiary/aromatic N) is 2. The van der Waals surface area contributed by atoms with E-state index in [0.717, 1.165) is 26.8 Å². The summed E-state index contributed by atoms with van der Waals surface area (Å²) >= 11 is 6.79. The molecule has 2 aromatic heterocycles. The van der Waals surface area contributed by atoms with Crippen molar-refractivity contribution in [3.8, 4) is 0 Å². The Morgan fingerprint density at radius 2 is 1.75 bits per heavy atom. The maximum atomic E-state index is 12.6. The third-order valence-electron chi connectivity index (χ3n) is 4.06. The van der Waals surface area contributed by atoms with Crippen LogP contribution < -0.4 is 5.32 Å². The van der Waals surface area contributed by atoms with Crippen LogP contribution in [0.4, 0.5) is 0 Å². The van der Waals surface area contributed by atoms with E-state index in [9.17, 15) is 13.2 Å². The molecular formula is C19H18ClN3O3S2. The SMILES string of the molecule is CN(CC(=O)NC(c1ccccc1)c1ccncc1)S(=O)(=O)c1ccc(Cl)s1. The minimum atomic E-state index is -3.78. The van der Waals surface area contributed by atoms with E-state index >= 15 is 0 Å². The van der Waals surface area contributed by atoms with Crippen molar-refractivity contribution in [2.45, 2.75) is 10.3 Å². The summed E-state index contributed by atoms with van der Waals surface area (Å²) in [7, 11) is -2.41. The lowest BCUT2D eigenvalue weighted by Crippen LogP contribution is -2.39. The fraction of sp³-hybridized carbons (Fsp3) is 0.158. The lowest BCUT2D eigenvalue weighted by Gasteiger charge is -2.22. The number of hydrogen-bond acceptors (Lipinski definition) is 5. The van der Waals surface area contributed by atoms with Crippen LogP contribution in [0.25, 0.3) is 0 Å². The van der Waals surface area contributed by atoms with Gasteiger partial charge in [-0.1, -0.05) is 41.9 Å². The van der Waals surface area contributed by atoms with Crippen LogP contribution in [0.15, 0.2) is 71.2 Å². The number of thiophene rings is 1. The summed E-state index contributed by atoms with van der Waals surface area (Å²) in [6.45, 7) is -0.313. The quantitative estimate of drug-likeness (QED) is 0.617. The van der Waals surface area contributed by atoms with Crippen LogP contribution in [-0.4, -0.2) is 37.2 Å². The van der Waals surface area contributed by atoms with Gasteiger partial charge >= 0.3 is 0 Å². The van der Waals surface area contributed by atoms with Gasteiger partial charge in [0.15, 0.2) is 0 Å². The molecule has 1 N–H and O–H groups in total. The van der Waals surface area contributed by atoms with Crippen molar-refractivity contribution in [2.75, 3.05) is 13.6 Å². The molecule has 1 unspecified atom stereocenters. The molecule has 28 heavy (non-hydrogen) atoms. The maximum absolute atomic E-state index is 12.6. The second-order valence-electron chi connectivity index (χ2n) is 6.01. The fourth-order valence-electron chi connectivity index (χ4n) is 2.64. The van der Waals surface area contributed by atoms with Crippen molar-refractivity contribution in [1.29, 1.82) is 0 Å². The summed E-state index contributed by atoms with van der Waals surface area (Å²) in [4.78, 5) is 16.6. The number of halogens is 1. The lowest BCUT2D eigenvalue weighted by molar-refractivity contribution is -0.121. The van der Waals surface area contributed by atoms with Crippen LogP contribution in [0.1, 0.15) is 17.2 Å². The molecule has 9 heteroatoms.